The van der Waals surface area contributed by atoms with Crippen LogP contribution in [0.5, 0.6) is 0 Å². The van der Waals surface area contributed by atoms with E-state index in [1.165, 1.54) is 0 Å². The number of carbonyl (C=O) groups is 2. The molecule has 0 aliphatic heterocycles. The van der Waals surface area contributed by atoms with Gasteiger partial charge in [0.05, 0.1) is 16.1 Å². The predicted octanol–water partition coefficient (Wildman–Crippen LogP) is 1.71. The highest BCUT2D eigenvalue weighted by Crippen LogP contribution is 2.27. The van der Waals surface area contributed by atoms with Crippen LogP contribution in [0.15, 0.2) is 12.1 Å². The average molecular weight is 290 g/mol. The van der Waals surface area contributed by atoms with E-state index in [-0.39, 0.29) is 22.3 Å². The molecule has 2 amide bonds. The first-order valence-electron chi connectivity index (χ1n) is 4.56. The van der Waals surface area contributed by atoms with Crippen LogP contribution >= 0.6 is 23.2 Å². The number of anilines is 1. The number of rotatable bonds is 2. The van der Waals surface area contributed by atoms with E-state index in [0.717, 1.165) is 12.1 Å². The molecule has 0 spiro atoms. The minimum absolute atomic E-state index is 0.0727. The van der Waals surface area contributed by atoms with Gasteiger partial charge >= 0.3 is 11.8 Å². The van der Waals surface area contributed by atoms with Crippen molar-refractivity contribution < 1.29 is 14.0 Å². The molecular weight excluding hydrogens is 284 g/mol. The largest absolute Gasteiger partial charge is 0.335 e. The summed E-state index contributed by atoms with van der Waals surface area (Å²) in [6, 6.07) is 3.86. The number of benzene rings is 1. The molecule has 0 bridgehead atoms. The molecule has 18 heavy (non-hydrogen) atoms. The predicted molar refractivity (Wildman–Crippen MR) is 63.7 cm³/mol. The molecule has 94 valence electrons. The van der Waals surface area contributed by atoms with Gasteiger partial charge < -0.3 is 10.6 Å². The van der Waals surface area contributed by atoms with Crippen LogP contribution in [0.25, 0.3) is 0 Å². The van der Waals surface area contributed by atoms with Crippen molar-refractivity contribution in [2.24, 2.45) is 0 Å². The quantitative estimate of drug-likeness (QED) is 0.494. The Morgan fingerprint density at radius 3 is 2.33 bits per heavy atom. The van der Waals surface area contributed by atoms with Crippen molar-refractivity contribution in [1.29, 1.82) is 5.26 Å². The molecule has 0 fully saturated rings. The normalized spacial score (nSPS) is 9.44. The fourth-order valence-corrected chi connectivity index (χ4v) is 1.50. The van der Waals surface area contributed by atoms with Crippen molar-refractivity contribution in [2.75, 3.05) is 11.9 Å². The molecule has 0 unspecified atom stereocenters. The number of nitriles is 1. The minimum Gasteiger partial charge on any atom is -0.335 e. The van der Waals surface area contributed by atoms with Crippen LogP contribution in [0.1, 0.15) is 0 Å². The first-order valence-corrected chi connectivity index (χ1v) is 5.32. The lowest BCUT2D eigenvalue weighted by molar-refractivity contribution is -0.136. The maximum Gasteiger partial charge on any atom is 0.313 e. The number of amides is 2. The molecule has 1 aromatic carbocycles. The smallest absolute Gasteiger partial charge is 0.313 e. The van der Waals surface area contributed by atoms with Crippen molar-refractivity contribution in [2.45, 2.75) is 0 Å². The van der Waals surface area contributed by atoms with Crippen LogP contribution in [-0.4, -0.2) is 18.4 Å². The van der Waals surface area contributed by atoms with E-state index in [9.17, 15) is 14.0 Å². The van der Waals surface area contributed by atoms with E-state index < -0.39 is 17.6 Å². The fraction of sp³-hybridized carbons (Fsp3) is 0.100. The second-order valence-corrected chi connectivity index (χ2v) is 3.86. The van der Waals surface area contributed by atoms with Crippen LogP contribution in [0.4, 0.5) is 10.1 Å². The Hall–Kier alpha value is -1.84. The molecule has 0 aliphatic rings. The Labute approximate surface area is 111 Å². The summed E-state index contributed by atoms with van der Waals surface area (Å²) in [5, 5.41) is 11.9. The van der Waals surface area contributed by atoms with E-state index in [0.29, 0.717) is 0 Å². The molecule has 0 saturated heterocycles. The first-order chi connectivity index (χ1) is 8.45. The Morgan fingerprint density at radius 2 is 1.83 bits per heavy atom. The molecule has 0 aliphatic carbocycles. The van der Waals surface area contributed by atoms with Crippen LogP contribution in [-0.2, 0) is 9.59 Å². The Kier molecular flexibility index (Phi) is 4.89. The number of nitrogens with zero attached hydrogens (tertiary/aromatic N) is 1. The molecule has 1 aromatic rings. The van der Waals surface area contributed by atoms with Gasteiger partial charge in [0.15, 0.2) is 5.82 Å². The van der Waals surface area contributed by atoms with Gasteiger partial charge in [-0.2, -0.15) is 5.26 Å². The van der Waals surface area contributed by atoms with Crippen LogP contribution in [0.2, 0.25) is 10.0 Å². The van der Waals surface area contributed by atoms with Gasteiger partial charge in [-0.1, -0.05) is 23.2 Å². The summed E-state index contributed by atoms with van der Waals surface area (Å²) in [6.07, 6.45) is 0. The lowest BCUT2D eigenvalue weighted by Crippen LogP contribution is -2.35. The standard InChI is InChI=1S/C10H6Cl2FN3O2/c11-6-3-5(4-7(12)8(6)13)16-10(18)9(17)15-2-1-14/h3-4H,2H2,(H,15,17)(H,16,18). The highest BCUT2D eigenvalue weighted by atomic mass is 35.5. The van der Waals surface area contributed by atoms with E-state index in [1.807, 2.05) is 5.32 Å². The van der Waals surface area contributed by atoms with Gasteiger partial charge in [-0.3, -0.25) is 9.59 Å². The van der Waals surface area contributed by atoms with E-state index in [1.54, 1.807) is 6.07 Å². The molecule has 0 heterocycles. The maximum atomic E-state index is 13.1. The topological polar surface area (TPSA) is 82.0 Å². The average Bonchev–Trinajstić information content (AvgIpc) is 2.32. The SMILES string of the molecule is N#CCNC(=O)C(=O)Nc1cc(Cl)c(F)c(Cl)c1. The second-order valence-electron chi connectivity index (χ2n) is 3.05. The summed E-state index contributed by atoms with van der Waals surface area (Å²) in [4.78, 5) is 22.4. The molecule has 5 nitrogen and oxygen atoms in total. The summed E-state index contributed by atoms with van der Waals surface area (Å²) in [7, 11) is 0. The Balaban J connectivity index is 2.77. The number of halogens is 3. The van der Waals surface area contributed by atoms with E-state index in [2.05, 4.69) is 5.32 Å². The number of carbonyl (C=O) groups excluding carboxylic acids is 2. The van der Waals surface area contributed by atoms with E-state index >= 15 is 0 Å². The van der Waals surface area contributed by atoms with Gasteiger partial charge in [0, 0.05) is 5.69 Å². The third-order valence-electron chi connectivity index (χ3n) is 1.78. The van der Waals surface area contributed by atoms with Gasteiger partial charge in [0.1, 0.15) is 6.54 Å². The van der Waals surface area contributed by atoms with Crippen molar-refractivity contribution in [3.8, 4) is 6.07 Å². The number of nitrogens with one attached hydrogen (secondary N) is 2. The van der Waals surface area contributed by atoms with Gasteiger partial charge in [0.2, 0.25) is 0 Å². The Bertz CT molecular complexity index is 519. The summed E-state index contributed by atoms with van der Waals surface area (Å²) in [6.45, 7) is -0.294. The minimum atomic E-state index is -1.01. The van der Waals surface area contributed by atoms with Crippen LogP contribution < -0.4 is 10.6 Å². The van der Waals surface area contributed by atoms with Crippen molar-refractivity contribution in [3.05, 3.63) is 28.0 Å². The molecule has 1 rings (SSSR count). The molecule has 0 radical (unpaired) electrons. The third kappa shape index (κ3) is 3.58. The summed E-state index contributed by atoms with van der Waals surface area (Å²) in [5.41, 5.74) is 0.0727. The molecule has 2 N–H and O–H groups in total. The lowest BCUT2D eigenvalue weighted by atomic mass is 10.3. The summed E-state index contributed by atoms with van der Waals surface area (Å²) >= 11 is 11.0. The third-order valence-corrected chi connectivity index (χ3v) is 2.33. The molecule has 8 heteroatoms. The maximum absolute atomic E-state index is 13.1. The number of hydrogen-bond donors (Lipinski definition) is 2. The van der Waals surface area contributed by atoms with E-state index in [4.69, 9.17) is 28.5 Å². The number of hydrogen-bond acceptors (Lipinski definition) is 3. The molecule has 0 atom stereocenters. The zero-order valence-corrected chi connectivity index (χ0v) is 10.3. The highest BCUT2D eigenvalue weighted by Gasteiger charge is 2.15. The highest BCUT2D eigenvalue weighted by molar-refractivity contribution is 6.40. The van der Waals surface area contributed by atoms with Crippen LogP contribution in [0, 0.1) is 17.1 Å². The second kappa shape index (κ2) is 6.19. The lowest BCUT2D eigenvalue weighted by Gasteiger charge is -2.06. The zero-order chi connectivity index (χ0) is 13.7. The molecule has 0 saturated carbocycles. The van der Waals surface area contributed by atoms with Crippen molar-refractivity contribution in [1.82, 2.24) is 5.32 Å². The fourth-order valence-electron chi connectivity index (χ4n) is 1.02. The molecular formula is C10H6Cl2FN3O2. The monoisotopic (exact) mass is 289 g/mol. The summed E-state index contributed by atoms with van der Waals surface area (Å²) in [5.74, 6) is -2.82. The van der Waals surface area contributed by atoms with Crippen molar-refractivity contribution in [3.63, 3.8) is 0 Å². The zero-order valence-electron chi connectivity index (χ0n) is 8.76. The van der Waals surface area contributed by atoms with Gasteiger partial charge in [0.25, 0.3) is 0 Å². The first kappa shape index (κ1) is 14.2. The van der Waals surface area contributed by atoms with Crippen molar-refractivity contribution >= 4 is 40.7 Å². The molecule has 0 aromatic heterocycles. The van der Waals surface area contributed by atoms with Gasteiger partial charge in [-0.25, -0.2) is 4.39 Å². The van der Waals surface area contributed by atoms with Gasteiger partial charge in [-0.05, 0) is 12.1 Å². The Morgan fingerprint density at radius 1 is 1.28 bits per heavy atom. The summed E-state index contributed by atoms with van der Waals surface area (Å²) < 4.78 is 13.1. The van der Waals surface area contributed by atoms with Crippen LogP contribution in [0.3, 0.4) is 0 Å². The van der Waals surface area contributed by atoms with Gasteiger partial charge in [-0.15, -0.1) is 0 Å².